The minimum Gasteiger partial charge on any atom is -0.290 e. The van der Waals surface area contributed by atoms with E-state index in [1.807, 2.05) is 18.2 Å². The van der Waals surface area contributed by atoms with E-state index >= 15 is 0 Å². The number of nitrogen functional groups attached to an aromatic ring is 1. The molecule has 1 aromatic heterocycles. The number of carbonyl (C=O) groups excluding carboxylic acids is 1. The standard InChI is InChI=1S/C15H17N3O/c1-3-11-4-6-12(7-5-11)14-9-8-13(10(2)17-14)15(19)18-16/h4-9H,3,16H2,1-2H3,(H,18,19). The Hall–Kier alpha value is -2.20. The maximum absolute atomic E-state index is 11.5. The predicted octanol–water partition coefficient (Wildman–Crippen LogP) is 2.22. The second-order valence-corrected chi connectivity index (χ2v) is 4.35. The molecule has 1 aromatic carbocycles. The van der Waals surface area contributed by atoms with Gasteiger partial charge in [-0.05, 0) is 31.0 Å². The van der Waals surface area contributed by atoms with Crippen molar-refractivity contribution in [3.8, 4) is 11.3 Å². The zero-order valence-electron chi connectivity index (χ0n) is 11.1. The van der Waals surface area contributed by atoms with Crippen LogP contribution in [0, 0.1) is 6.92 Å². The molecule has 4 heteroatoms. The smallest absolute Gasteiger partial charge is 0.267 e. The normalized spacial score (nSPS) is 10.3. The van der Waals surface area contributed by atoms with Crippen LogP contribution in [0.5, 0.6) is 0 Å². The number of nitrogens with two attached hydrogens (primary N) is 1. The average molecular weight is 255 g/mol. The number of rotatable bonds is 3. The molecule has 2 aromatic rings. The molecular weight excluding hydrogens is 238 g/mol. The molecule has 0 fully saturated rings. The summed E-state index contributed by atoms with van der Waals surface area (Å²) in [5, 5.41) is 0. The number of hydrogen-bond acceptors (Lipinski definition) is 3. The maximum Gasteiger partial charge on any atom is 0.267 e. The van der Waals surface area contributed by atoms with Crippen molar-refractivity contribution >= 4 is 5.91 Å². The van der Waals surface area contributed by atoms with E-state index in [0.29, 0.717) is 11.3 Å². The topological polar surface area (TPSA) is 68.0 Å². The summed E-state index contributed by atoms with van der Waals surface area (Å²) in [7, 11) is 0. The molecule has 0 radical (unpaired) electrons. The molecule has 3 N–H and O–H groups in total. The molecule has 0 aliphatic heterocycles. The van der Waals surface area contributed by atoms with Crippen molar-refractivity contribution in [1.29, 1.82) is 0 Å². The van der Waals surface area contributed by atoms with Crippen molar-refractivity contribution in [3.05, 3.63) is 53.2 Å². The van der Waals surface area contributed by atoms with Gasteiger partial charge in [0.15, 0.2) is 0 Å². The Morgan fingerprint density at radius 2 is 1.89 bits per heavy atom. The number of amides is 1. The molecule has 1 heterocycles. The quantitative estimate of drug-likeness (QED) is 0.502. The molecule has 0 spiro atoms. The van der Waals surface area contributed by atoms with E-state index in [1.165, 1.54) is 5.56 Å². The lowest BCUT2D eigenvalue weighted by Gasteiger charge is -2.07. The Bertz CT molecular complexity index is 591. The first kappa shape index (κ1) is 13.2. The summed E-state index contributed by atoms with van der Waals surface area (Å²) in [6.45, 7) is 3.92. The average Bonchev–Trinajstić information content (AvgIpc) is 2.46. The molecule has 0 saturated heterocycles. The number of aromatic nitrogens is 1. The van der Waals surface area contributed by atoms with Crippen molar-refractivity contribution < 1.29 is 4.79 Å². The van der Waals surface area contributed by atoms with E-state index in [-0.39, 0.29) is 5.91 Å². The first-order valence-electron chi connectivity index (χ1n) is 6.23. The molecule has 0 bridgehead atoms. The molecule has 0 saturated carbocycles. The number of nitrogens with zero attached hydrogens (tertiary/aromatic N) is 1. The fourth-order valence-electron chi connectivity index (χ4n) is 1.95. The van der Waals surface area contributed by atoms with Gasteiger partial charge in [-0.2, -0.15) is 0 Å². The van der Waals surface area contributed by atoms with Crippen molar-refractivity contribution in [1.82, 2.24) is 10.4 Å². The van der Waals surface area contributed by atoms with Crippen LogP contribution in [0.25, 0.3) is 11.3 Å². The lowest BCUT2D eigenvalue weighted by Crippen LogP contribution is -2.30. The zero-order chi connectivity index (χ0) is 13.8. The minimum absolute atomic E-state index is 0.321. The minimum atomic E-state index is -0.321. The Morgan fingerprint density at radius 3 is 2.42 bits per heavy atom. The second-order valence-electron chi connectivity index (χ2n) is 4.35. The SMILES string of the molecule is CCc1ccc(-c2ccc(C(=O)NN)c(C)n2)cc1. The molecule has 2 rings (SSSR count). The van der Waals surface area contributed by atoms with Crippen LogP contribution < -0.4 is 11.3 Å². The molecule has 0 aliphatic carbocycles. The lowest BCUT2D eigenvalue weighted by atomic mass is 10.1. The largest absolute Gasteiger partial charge is 0.290 e. The highest BCUT2D eigenvalue weighted by Crippen LogP contribution is 2.19. The van der Waals surface area contributed by atoms with E-state index < -0.39 is 0 Å². The van der Waals surface area contributed by atoms with Gasteiger partial charge in [-0.25, -0.2) is 5.84 Å². The summed E-state index contributed by atoms with van der Waals surface area (Å²) < 4.78 is 0. The Balaban J connectivity index is 2.35. The van der Waals surface area contributed by atoms with Gasteiger partial charge in [0.1, 0.15) is 0 Å². The van der Waals surface area contributed by atoms with Crippen LogP contribution in [0.2, 0.25) is 0 Å². The van der Waals surface area contributed by atoms with E-state index in [1.54, 1.807) is 13.0 Å². The molecule has 0 atom stereocenters. The molecular formula is C15H17N3O. The monoisotopic (exact) mass is 255 g/mol. The number of pyridine rings is 1. The molecule has 4 nitrogen and oxygen atoms in total. The van der Waals surface area contributed by atoms with Crippen LogP contribution in [0.15, 0.2) is 36.4 Å². The fourth-order valence-corrected chi connectivity index (χ4v) is 1.95. The summed E-state index contributed by atoms with van der Waals surface area (Å²) in [5.41, 5.74) is 6.47. The third-order valence-electron chi connectivity index (χ3n) is 3.12. The summed E-state index contributed by atoms with van der Waals surface area (Å²) in [4.78, 5) is 15.9. The van der Waals surface area contributed by atoms with Crippen LogP contribution in [-0.2, 0) is 6.42 Å². The van der Waals surface area contributed by atoms with Crippen LogP contribution in [-0.4, -0.2) is 10.9 Å². The Labute approximate surface area is 112 Å². The van der Waals surface area contributed by atoms with Crippen LogP contribution in [0.4, 0.5) is 0 Å². The highest BCUT2D eigenvalue weighted by molar-refractivity contribution is 5.95. The third-order valence-corrected chi connectivity index (χ3v) is 3.12. The second kappa shape index (κ2) is 5.63. The summed E-state index contributed by atoms with van der Waals surface area (Å²) in [6.07, 6.45) is 1.02. The van der Waals surface area contributed by atoms with Gasteiger partial charge in [-0.1, -0.05) is 31.2 Å². The van der Waals surface area contributed by atoms with Gasteiger partial charge in [0.05, 0.1) is 17.0 Å². The van der Waals surface area contributed by atoms with Crippen LogP contribution >= 0.6 is 0 Å². The summed E-state index contributed by atoms with van der Waals surface area (Å²) >= 11 is 0. The predicted molar refractivity (Wildman–Crippen MR) is 75.4 cm³/mol. The fraction of sp³-hybridized carbons (Fsp3) is 0.200. The van der Waals surface area contributed by atoms with Crippen molar-refractivity contribution in [3.63, 3.8) is 0 Å². The van der Waals surface area contributed by atoms with Crippen molar-refractivity contribution in [2.45, 2.75) is 20.3 Å². The molecule has 1 amide bonds. The lowest BCUT2D eigenvalue weighted by molar-refractivity contribution is 0.0952. The van der Waals surface area contributed by atoms with Gasteiger partial charge in [-0.15, -0.1) is 0 Å². The van der Waals surface area contributed by atoms with Crippen LogP contribution in [0.3, 0.4) is 0 Å². The molecule has 98 valence electrons. The molecule has 19 heavy (non-hydrogen) atoms. The molecule has 0 aliphatic rings. The first-order chi connectivity index (χ1) is 9.15. The van der Waals surface area contributed by atoms with Crippen molar-refractivity contribution in [2.75, 3.05) is 0 Å². The number of aryl methyl sites for hydroxylation is 2. The number of hydrogen-bond donors (Lipinski definition) is 2. The maximum atomic E-state index is 11.5. The van der Waals surface area contributed by atoms with Gasteiger partial charge in [-0.3, -0.25) is 15.2 Å². The van der Waals surface area contributed by atoms with Gasteiger partial charge in [0.2, 0.25) is 0 Å². The van der Waals surface area contributed by atoms with Crippen molar-refractivity contribution in [2.24, 2.45) is 5.84 Å². The van der Waals surface area contributed by atoms with E-state index in [9.17, 15) is 4.79 Å². The number of carbonyl (C=O) groups is 1. The van der Waals surface area contributed by atoms with Gasteiger partial charge >= 0.3 is 0 Å². The van der Waals surface area contributed by atoms with Gasteiger partial charge in [0.25, 0.3) is 5.91 Å². The molecule has 0 unspecified atom stereocenters. The van der Waals surface area contributed by atoms with Crippen LogP contribution in [0.1, 0.15) is 28.5 Å². The Kier molecular flexibility index (Phi) is 3.92. The first-order valence-corrected chi connectivity index (χ1v) is 6.23. The highest BCUT2D eigenvalue weighted by atomic mass is 16.2. The van der Waals surface area contributed by atoms with E-state index in [4.69, 9.17) is 5.84 Å². The Morgan fingerprint density at radius 1 is 1.21 bits per heavy atom. The zero-order valence-corrected chi connectivity index (χ0v) is 11.1. The highest BCUT2D eigenvalue weighted by Gasteiger charge is 2.09. The van der Waals surface area contributed by atoms with Gasteiger partial charge in [0, 0.05) is 5.56 Å². The third kappa shape index (κ3) is 2.80. The number of benzene rings is 1. The number of hydrazine groups is 1. The van der Waals surface area contributed by atoms with E-state index in [2.05, 4.69) is 29.5 Å². The summed E-state index contributed by atoms with van der Waals surface area (Å²) in [6, 6.07) is 11.8. The summed E-state index contributed by atoms with van der Waals surface area (Å²) in [5.74, 6) is 4.81. The van der Waals surface area contributed by atoms with E-state index in [0.717, 1.165) is 17.7 Å². The van der Waals surface area contributed by atoms with Gasteiger partial charge < -0.3 is 0 Å². The number of nitrogens with one attached hydrogen (secondary N) is 1.